The van der Waals surface area contributed by atoms with Crippen molar-refractivity contribution in [2.75, 3.05) is 4.90 Å². The maximum atomic E-state index is 13.9. The molecule has 1 heterocycles. The second-order valence-corrected chi connectivity index (χ2v) is 7.70. The Labute approximate surface area is 165 Å². The van der Waals surface area contributed by atoms with E-state index in [0.29, 0.717) is 15.4 Å². The standard InChI is InChI=1S/C18H13BrF2N2O3S/c19-10-2-1-3-11(8-10)23(15(24)6-7-16(25)26)9-14-22-18-13(27-14)5-4-12(20)17(18)21/h1-5,8H,6-7,9H2,(H,25,26). The highest BCUT2D eigenvalue weighted by Crippen LogP contribution is 2.29. The highest BCUT2D eigenvalue weighted by atomic mass is 79.9. The van der Waals surface area contributed by atoms with Crippen LogP contribution in [-0.2, 0) is 16.1 Å². The van der Waals surface area contributed by atoms with Gasteiger partial charge in [0.25, 0.3) is 0 Å². The lowest BCUT2D eigenvalue weighted by Gasteiger charge is -2.22. The number of rotatable bonds is 6. The van der Waals surface area contributed by atoms with Gasteiger partial charge in [-0.2, -0.15) is 0 Å². The van der Waals surface area contributed by atoms with Crippen LogP contribution >= 0.6 is 27.3 Å². The van der Waals surface area contributed by atoms with Gasteiger partial charge in [0.05, 0.1) is 17.7 Å². The molecule has 0 unspecified atom stereocenters. The van der Waals surface area contributed by atoms with E-state index < -0.39 is 23.5 Å². The van der Waals surface area contributed by atoms with Crippen LogP contribution in [0.1, 0.15) is 17.8 Å². The van der Waals surface area contributed by atoms with E-state index in [4.69, 9.17) is 5.11 Å². The van der Waals surface area contributed by atoms with Crippen molar-refractivity contribution >= 4 is 55.0 Å². The van der Waals surface area contributed by atoms with Crippen LogP contribution in [0.25, 0.3) is 10.2 Å². The van der Waals surface area contributed by atoms with Crippen LogP contribution in [0.3, 0.4) is 0 Å². The SMILES string of the molecule is O=C(O)CCC(=O)N(Cc1nc2c(F)c(F)ccc2s1)c1cccc(Br)c1. The number of aromatic nitrogens is 1. The Hall–Kier alpha value is -2.39. The van der Waals surface area contributed by atoms with Crippen molar-refractivity contribution in [3.63, 3.8) is 0 Å². The minimum Gasteiger partial charge on any atom is -0.481 e. The summed E-state index contributed by atoms with van der Waals surface area (Å²) in [6, 6.07) is 9.42. The summed E-state index contributed by atoms with van der Waals surface area (Å²) in [7, 11) is 0. The summed E-state index contributed by atoms with van der Waals surface area (Å²) in [6.07, 6.45) is -0.487. The zero-order valence-electron chi connectivity index (χ0n) is 13.8. The van der Waals surface area contributed by atoms with Gasteiger partial charge in [-0.3, -0.25) is 9.59 Å². The van der Waals surface area contributed by atoms with Gasteiger partial charge in [0, 0.05) is 16.6 Å². The van der Waals surface area contributed by atoms with Crippen LogP contribution in [0.4, 0.5) is 14.5 Å². The summed E-state index contributed by atoms with van der Waals surface area (Å²) in [5, 5.41) is 9.25. The number of benzene rings is 2. The highest BCUT2D eigenvalue weighted by Gasteiger charge is 2.20. The van der Waals surface area contributed by atoms with E-state index in [9.17, 15) is 18.4 Å². The average molecular weight is 455 g/mol. The van der Waals surface area contributed by atoms with E-state index in [2.05, 4.69) is 20.9 Å². The molecular formula is C18H13BrF2N2O3S. The van der Waals surface area contributed by atoms with Crippen molar-refractivity contribution in [3.8, 4) is 0 Å². The number of hydrogen-bond acceptors (Lipinski definition) is 4. The Morgan fingerprint density at radius 2 is 1.96 bits per heavy atom. The average Bonchev–Trinajstić information content (AvgIpc) is 3.04. The second-order valence-electron chi connectivity index (χ2n) is 5.67. The smallest absolute Gasteiger partial charge is 0.303 e. The van der Waals surface area contributed by atoms with Gasteiger partial charge in [-0.1, -0.05) is 22.0 Å². The predicted octanol–water partition coefficient (Wildman–Crippen LogP) is 4.74. The maximum Gasteiger partial charge on any atom is 0.303 e. The van der Waals surface area contributed by atoms with Crippen molar-refractivity contribution < 1.29 is 23.5 Å². The summed E-state index contributed by atoms with van der Waals surface area (Å²) >= 11 is 4.49. The summed E-state index contributed by atoms with van der Waals surface area (Å²) in [5.41, 5.74) is 0.466. The maximum absolute atomic E-state index is 13.9. The number of anilines is 1. The number of hydrogen-bond donors (Lipinski definition) is 1. The summed E-state index contributed by atoms with van der Waals surface area (Å²) in [4.78, 5) is 28.9. The molecule has 0 aliphatic heterocycles. The predicted molar refractivity (Wildman–Crippen MR) is 102 cm³/mol. The number of halogens is 3. The lowest BCUT2D eigenvalue weighted by Crippen LogP contribution is -2.30. The summed E-state index contributed by atoms with van der Waals surface area (Å²) in [6.45, 7) is 0.0231. The molecule has 1 N–H and O–H groups in total. The molecule has 2 aromatic carbocycles. The van der Waals surface area contributed by atoms with E-state index in [0.717, 1.165) is 21.9 Å². The highest BCUT2D eigenvalue weighted by molar-refractivity contribution is 9.10. The molecule has 140 valence electrons. The zero-order valence-corrected chi connectivity index (χ0v) is 16.2. The molecule has 5 nitrogen and oxygen atoms in total. The topological polar surface area (TPSA) is 70.5 Å². The normalized spacial score (nSPS) is 10.9. The molecule has 0 aliphatic rings. The Morgan fingerprint density at radius 1 is 1.19 bits per heavy atom. The number of amides is 1. The monoisotopic (exact) mass is 454 g/mol. The van der Waals surface area contributed by atoms with Crippen molar-refractivity contribution in [3.05, 3.63) is 57.5 Å². The van der Waals surface area contributed by atoms with E-state index in [-0.39, 0.29) is 24.9 Å². The first-order chi connectivity index (χ1) is 12.8. The molecule has 0 saturated carbocycles. The van der Waals surface area contributed by atoms with Gasteiger partial charge in [-0.25, -0.2) is 13.8 Å². The molecule has 0 aliphatic carbocycles. The van der Waals surface area contributed by atoms with E-state index in [1.165, 1.54) is 11.0 Å². The fourth-order valence-corrected chi connectivity index (χ4v) is 3.84. The van der Waals surface area contributed by atoms with Crippen LogP contribution in [-0.4, -0.2) is 22.0 Å². The molecule has 0 radical (unpaired) electrons. The molecule has 0 spiro atoms. The number of thiazole rings is 1. The van der Waals surface area contributed by atoms with Gasteiger partial charge < -0.3 is 10.0 Å². The first-order valence-corrected chi connectivity index (χ1v) is 9.47. The molecule has 3 rings (SSSR count). The van der Waals surface area contributed by atoms with Crippen LogP contribution in [0, 0.1) is 11.6 Å². The van der Waals surface area contributed by atoms with E-state index in [1.807, 2.05) is 0 Å². The quantitative estimate of drug-likeness (QED) is 0.583. The summed E-state index contributed by atoms with van der Waals surface area (Å²) in [5.74, 6) is -3.49. The Balaban J connectivity index is 1.94. The number of fused-ring (bicyclic) bond motifs is 1. The van der Waals surface area contributed by atoms with Crippen molar-refractivity contribution in [2.24, 2.45) is 0 Å². The minimum absolute atomic E-state index is 0.0231. The molecule has 9 heteroatoms. The first kappa shape index (κ1) is 19.4. The number of carboxylic acids is 1. The molecule has 3 aromatic rings. The lowest BCUT2D eigenvalue weighted by atomic mass is 10.2. The van der Waals surface area contributed by atoms with Gasteiger partial charge in [-0.05, 0) is 30.3 Å². The van der Waals surface area contributed by atoms with Crippen LogP contribution in [0.15, 0.2) is 40.9 Å². The van der Waals surface area contributed by atoms with Crippen LogP contribution in [0.2, 0.25) is 0 Å². The van der Waals surface area contributed by atoms with Gasteiger partial charge in [-0.15, -0.1) is 11.3 Å². The molecule has 1 aromatic heterocycles. The zero-order chi connectivity index (χ0) is 19.6. The number of carbonyl (C=O) groups is 2. The molecule has 0 fully saturated rings. The minimum atomic E-state index is -1.07. The van der Waals surface area contributed by atoms with Gasteiger partial charge in [0.15, 0.2) is 11.6 Å². The van der Waals surface area contributed by atoms with Crippen LogP contribution < -0.4 is 4.90 Å². The second kappa shape index (κ2) is 8.10. The molecule has 0 saturated heterocycles. The molecule has 1 amide bonds. The number of carbonyl (C=O) groups excluding carboxylic acids is 1. The number of aliphatic carboxylic acids is 1. The largest absolute Gasteiger partial charge is 0.481 e. The van der Waals surface area contributed by atoms with Crippen molar-refractivity contribution in [1.29, 1.82) is 0 Å². The Bertz CT molecular complexity index is 1030. The molecule has 0 atom stereocenters. The molecule has 0 bridgehead atoms. The third kappa shape index (κ3) is 4.48. The lowest BCUT2D eigenvalue weighted by molar-refractivity contribution is -0.138. The fraction of sp³-hybridized carbons (Fsp3) is 0.167. The van der Waals surface area contributed by atoms with Gasteiger partial charge in [0.2, 0.25) is 5.91 Å². The van der Waals surface area contributed by atoms with E-state index in [1.54, 1.807) is 24.3 Å². The first-order valence-electron chi connectivity index (χ1n) is 7.86. The molecule has 27 heavy (non-hydrogen) atoms. The van der Waals surface area contributed by atoms with Crippen molar-refractivity contribution in [2.45, 2.75) is 19.4 Å². The molecular weight excluding hydrogens is 442 g/mol. The van der Waals surface area contributed by atoms with Gasteiger partial charge in [0.1, 0.15) is 10.5 Å². The van der Waals surface area contributed by atoms with E-state index >= 15 is 0 Å². The fourth-order valence-electron chi connectivity index (χ4n) is 2.50. The number of nitrogens with zero attached hydrogens (tertiary/aromatic N) is 2. The Morgan fingerprint density at radius 3 is 2.67 bits per heavy atom. The van der Waals surface area contributed by atoms with Crippen LogP contribution in [0.5, 0.6) is 0 Å². The third-order valence-corrected chi connectivity index (χ3v) is 5.26. The third-order valence-electron chi connectivity index (χ3n) is 3.76. The number of carboxylic acid groups (broad SMARTS) is 1. The van der Waals surface area contributed by atoms with Gasteiger partial charge >= 0.3 is 5.97 Å². The van der Waals surface area contributed by atoms with Crippen molar-refractivity contribution in [1.82, 2.24) is 4.98 Å². The Kier molecular flexibility index (Phi) is 5.81. The summed E-state index contributed by atoms with van der Waals surface area (Å²) < 4.78 is 28.5.